The highest BCUT2D eigenvalue weighted by molar-refractivity contribution is 7.63. The Morgan fingerprint density at radius 2 is 2.17 bits per heavy atom. The Kier molecular flexibility index (Phi) is 1.22. The molecule has 1 heterocycles. The fourth-order valence-electron chi connectivity index (χ4n) is 0.381. The van der Waals surface area contributed by atoms with Gasteiger partial charge in [0.1, 0.15) is 0 Å². The highest BCUT2D eigenvalue weighted by Gasteiger charge is 2.09. The van der Waals surface area contributed by atoms with E-state index in [1.54, 1.807) is 0 Å². The summed E-state index contributed by atoms with van der Waals surface area (Å²) in [5.74, 6) is 0. The van der Waals surface area contributed by atoms with Crippen LogP contribution in [0, 0.1) is 0 Å². The lowest BCUT2D eigenvalue weighted by atomic mass is 10.3. The number of hydrogen-bond donors (Lipinski definition) is 1. The molecule has 0 amide bonds. The molecule has 0 spiro atoms. The summed E-state index contributed by atoms with van der Waals surface area (Å²) < 4.78 is 11.7. The van der Waals surface area contributed by atoms with E-state index < -0.39 is 0 Å². The molecule has 1 rings (SSSR count). The molecule has 0 aliphatic carbocycles. The molecule has 1 aliphatic heterocycles. The van der Waals surface area contributed by atoms with Gasteiger partial charge in [0.05, 0.1) is 11.9 Å². The Bertz CT molecular complexity index is 61.8. The largest absolute Gasteiger partial charge is 0.246 e. The fraction of sp³-hybridized carbons (Fsp3) is 1.00. The number of hydrogen-bond acceptors (Lipinski definition) is 1. The van der Waals surface area contributed by atoms with Crippen LogP contribution in [0.4, 0.5) is 0 Å². The summed E-state index contributed by atoms with van der Waals surface area (Å²) in [7, 11) is 0. The lowest BCUT2D eigenvalue weighted by Crippen LogP contribution is -2.32. The van der Waals surface area contributed by atoms with Gasteiger partial charge in [-0.3, -0.25) is 0 Å². The summed E-state index contributed by atoms with van der Waals surface area (Å²) in [5.41, 5.74) is 0. The van der Waals surface area contributed by atoms with Crippen LogP contribution in [0.3, 0.4) is 0 Å². The van der Waals surface area contributed by atoms with Crippen LogP contribution in [-0.2, 0) is 11.9 Å². The third kappa shape index (κ3) is 0.604. The van der Waals surface area contributed by atoms with Crippen molar-refractivity contribution in [3.63, 3.8) is 0 Å². The molecular weight excluding hydrogens is 98.1 g/mol. The zero-order chi connectivity index (χ0) is 4.41. The predicted molar refractivity (Wildman–Crippen MR) is 25.7 cm³/mol. The Morgan fingerprint density at radius 3 is 2.17 bits per heavy atom. The van der Waals surface area contributed by atoms with Crippen LogP contribution in [0.2, 0.25) is 0 Å². The summed E-state index contributed by atoms with van der Waals surface area (Å²) in [6, 6.07) is 0. The highest BCUT2D eigenvalue weighted by atomic mass is 32.2. The van der Waals surface area contributed by atoms with Crippen LogP contribution in [0.25, 0.3) is 0 Å². The molecule has 0 bridgehead atoms. The van der Waals surface area contributed by atoms with Gasteiger partial charge < -0.3 is 0 Å². The lowest BCUT2D eigenvalue weighted by Gasteiger charge is -2.22. The van der Waals surface area contributed by atoms with E-state index in [-0.39, 0.29) is 11.9 Å². The fourth-order valence-corrected chi connectivity index (χ4v) is 0.827. The average molecular weight is 105 g/mol. The number of rotatable bonds is 1. The first-order chi connectivity index (χ1) is 2.93. The molecule has 36 valence electrons. The maximum absolute atomic E-state index is 9.81. The second-order valence-electron chi connectivity index (χ2n) is 1.39. The molecule has 0 radical (unpaired) electrons. The van der Waals surface area contributed by atoms with E-state index >= 15 is 0 Å². The molecule has 1 fully saturated rings. The molecule has 0 atom stereocenters. The first-order valence-corrected chi connectivity index (χ1v) is 2.78. The van der Waals surface area contributed by atoms with Gasteiger partial charge >= 0.3 is 0 Å². The van der Waals surface area contributed by atoms with Crippen molar-refractivity contribution in [3.05, 3.63) is 0 Å². The smallest absolute Gasteiger partial charge is 0.0808 e. The molecular formula is C3H7NOS. The quantitative estimate of drug-likeness (QED) is 0.448. The topological polar surface area (TPSA) is 20.3 Å². The maximum Gasteiger partial charge on any atom is 0.0808 e. The van der Waals surface area contributed by atoms with Crippen molar-refractivity contribution in [1.82, 2.24) is 4.31 Å². The molecule has 3 heteroatoms. The van der Waals surface area contributed by atoms with E-state index in [1.807, 2.05) is 4.31 Å². The minimum absolute atomic E-state index is 0.198. The third-order valence-electron chi connectivity index (χ3n) is 0.948. The lowest BCUT2D eigenvalue weighted by molar-refractivity contribution is 0.335. The summed E-state index contributed by atoms with van der Waals surface area (Å²) >= 11 is 0.198. The van der Waals surface area contributed by atoms with Crippen molar-refractivity contribution in [2.45, 2.75) is 6.42 Å². The molecule has 0 unspecified atom stereocenters. The van der Waals surface area contributed by atoms with Crippen LogP contribution in [0.5, 0.6) is 0 Å². The molecule has 0 aromatic heterocycles. The zero-order valence-electron chi connectivity index (χ0n) is 3.42. The summed E-state index contributed by atoms with van der Waals surface area (Å²) in [4.78, 5) is 0. The van der Waals surface area contributed by atoms with Gasteiger partial charge in [0.25, 0.3) is 0 Å². The van der Waals surface area contributed by atoms with Crippen LogP contribution in [-0.4, -0.2) is 21.6 Å². The summed E-state index contributed by atoms with van der Waals surface area (Å²) in [6.45, 7) is 2.04. The zero-order valence-corrected chi connectivity index (χ0v) is 4.32. The second-order valence-corrected chi connectivity index (χ2v) is 2.12. The Labute approximate surface area is 40.8 Å². The van der Waals surface area contributed by atoms with Gasteiger partial charge in [0.2, 0.25) is 0 Å². The summed E-state index contributed by atoms with van der Waals surface area (Å²) in [5, 5.41) is 0. The molecule has 0 aromatic rings. The van der Waals surface area contributed by atoms with Gasteiger partial charge in [0.15, 0.2) is 0 Å². The van der Waals surface area contributed by atoms with Crippen molar-refractivity contribution in [1.29, 1.82) is 0 Å². The SMILES string of the molecule is O=[SH]N1CCC1. The van der Waals surface area contributed by atoms with Gasteiger partial charge in [-0.05, 0) is 6.42 Å². The monoisotopic (exact) mass is 105 g/mol. The first kappa shape index (κ1) is 4.27. The van der Waals surface area contributed by atoms with E-state index in [1.165, 1.54) is 6.42 Å². The Hall–Kier alpha value is 0.110. The van der Waals surface area contributed by atoms with Crippen molar-refractivity contribution in [2.75, 3.05) is 13.1 Å². The third-order valence-corrected chi connectivity index (χ3v) is 1.58. The molecule has 6 heavy (non-hydrogen) atoms. The molecule has 0 aromatic carbocycles. The maximum atomic E-state index is 9.81. The van der Waals surface area contributed by atoms with Gasteiger partial charge in [-0.25, -0.2) is 8.51 Å². The van der Waals surface area contributed by atoms with Gasteiger partial charge in [0, 0.05) is 13.1 Å². The van der Waals surface area contributed by atoms with E-state index in [2.05, 4.69) is 0 Å². The van der Waals surface area contributed by atoms with E-state index in [0.29, 0.717) is 0 Å². The normalized spacial score (nSPS) is 23.3. The standard InChI is InChI=1S/C3H7NOS/c5-6-4-2-1-3-4/h6H,1-3H2. The Morgan fingerprint density at radius 1 is 1.50 bits per heavy atom. The van der Waals surface area contributed by atoms with Gasteiger partial charge in [-0.1, -0.05) is 0 Å². The van der Waals surface area contributed by atoms with Gasteiger partial charge in [-0.15, -0.1) is 0 Å². The van der Waals surface area contributed by atoms with Crippen molar-refractivity contribution in [2.24, 2.45) is 0 Å². The van der Waals surface area contributed by atoms with E-state index in [9.17, 15) is 4.21 Å². The van der Waals surface area contributed by atoms with E-state index in [4.69, 9.17) is 0 Å². The minimum atomic E-state index is 0.198. The van der Waals surface area contributed by atoms with E-state index in [0.717, 1.165) is 13.1 Å². The van der Waals surface area contributed by atoms with Crippen LogP contribution >= 0.6 is 0 Å². The van der Waals surface area contributed by atoms with Crippen molar-refractivity contribution < 1.29 is 4.21 Å². The van der Waals surface area contributed by atoms with Gasteiger partial charge in [-0.2, -0.15) is 0 Å². The highest BCUT2D eigenvalue weighted by Crippen LogP contribution is 2.01. The van der Waals surface area contributed by atoms with Crippen LogP contribution in [0.1, 0.15) is 6.42 Å². The minimum Gasteiger partial charge on any atom is -0.246 e. The summed E-state index contributed by atoms with van der Waals surface area (Å²) in [6.07, 6.45) is 1.22. The molecule has 2 nitrogen and oxygen atoms in total. The number of nitrogens with zero attached hydrogens (tertiary/aromatic N) is 1. The Balaban J connectivity index is 2.16. The van der Waals surface area contributed by atoms with Crippen molar-refractivity contribution >= 4 is 11.9 Å². The number of thiol groups is 1. The molecule has 0 saturated carbocycles. The van der Waals surface area contributed by atoms with Crippen molar-refractivity contribution in [3.8, 4) is 0 Å². The molecule has 1 saturated heterocycles. The average Bonchev–Trinajstić information content (AvgIpc) is 1.31. The predicted octanol–water partition coefficient (Wildman–Crippen LogP) is -0.448. The molecule has 0 N–H and O–H groups in total. The molecule has 1 aliphatic rings. The van der Waals surface area contributed by atoms with Crippen LogP contribution in [0.15, 0.2) is 0 Å². The van der Waals surface area contributed by atoms with Crippen LogP contribution < -0.4 is 0 Å². The second kappa shape index (κ2) is 1.71. The first-order valence-electron chi connectivity index (χ1n) is 2.02.